The number of aromatic nitrogens is 4. The lowest BCUT2D eigenvalue weighted by Gasteiger charge is -2.46. The second-order valence-electron chi connectivity index (χ2n) is 8.85. The first-order chi connectivity index (χ1) is 14.4. The van der Waals surface area contributed by atoms with Crippen LogP contribution in [0.2, 0.25) is 0 Å². The van der Waals surface area contributed by atoms with Gasteiger partial charge in [-0.2, -0.15) is 5.10 Å². The third-order valence-corrected chi connectivity index (χ3v) is 5.85. The predicted molar refractivity (Wildman–Crippen MR) is 117 cm³/mol. The molecule has 1 aromatic carbocycles. The van der Waals surface area contributed by atoms with Gasteiger partial charge in [0.1, 0.15) is 6.29 Å². The number of aromatic amines is 1. The topological polar surface area (TPSA) is 86.8 Å². The Morgan fingerprint density at radius 3 is 2.53 bits per heavy atom. The van der Waals surface area contributed by atoms with Crippen molar-refractivity contribution in [2.45, 2.75) is 44.7 Å². The first-order valence-electron chi connectivity index (χ1n) is 10.3. The van der Waals surface area contributed by atoms with Gasteiger partial charge in [-0.25, -0.2) is 4.98 Å². The second-order valence-corrected chi connectivity index (χ2v) is 8.85. The molecule has 0 radical (unpaired) electrons. The number of pyridine rings is 1. The van der Waals surface area contributed by atoms with Crippen LogP contribution in [0.25, 0.3) is 11.4 Å². The van der Waals surface area contributed by atoms with Crippen LogP contribution in [0.5, 0.6) is 0 Å². The summed E-state index contributed by atoms with van der Waals surface area (Å²) in [5, 5.41) is 11.4. The molecular formula is C23H28N6O. The lowest BCUT2D eigenvalue weighted by Crippen LogP contribution is -2.53. The fraction of sp³-hybridized carbons (Fsp3) is 0.391. The molecule has 0 unspecified atom stereocenters. The highest BCUT2D eigenvalue weighted by Crippen LogP contribution is 2.37. The highest BCUT2D eigenvalue weighted by atomic mass is 16.1. The molecule has 156 valence electrons. The summed E-state index contributed by atoms with van der Waals surface area (Å²) in [6, 6.07) is 11.4. The molecule has 0 bridgehead atoms. The van der Waals surface area contributed by atoms with Crippen LogP contribution >= 0.6 is 0 Å². The molecule has 30 heavy (non-hydrogen) atoms. The Hall–Kier alpha value is -3.06. The number of aldehydes is 1. The van der Waals surface area contributed by atoms with E-state index < -0.39 is 0 Å². The van der Waals surface area contributed by atoms with Gasteiger partial charge >= 0.3 is 0 Å². The monoisotopic (exact) mass is 404 g/mol. The average Bonchev–Trinajstić information content (AvgIpc) is 3.25. The molecule has 3 aromatic rings. The van der Waals surface area contributed by atoms with Gasteiger partial charge in [-0.05, 0) is 57.9 Å². The van der Waals surface area contributed by atoms with Gasteiger partial charge < -0.3 is 5.32 Å². The van der Waals surface area contributed by atoms with E-state index in [0.29, 0.717) is 11.4 Å². The molecule has 7 heteroatoms. The van der Waals surface area contributed by atoms with Crippen molar-refractivity contribution < 1.29 is 4.79 Å². The minimum Gasteiger partial charge on any atom is -0.373 e. The number of hydrogen-bond donors (Lipinski definition) is 2. The quantitative estimate of drug-likeness (QED) is 0.628. The molecule has 7 nitrogen and oxygen atoms in total. The first-order valence-corrected chi connectivity index (χ1v) is 10.3. The SMILES string of the molecule is CC(C)(C)N1CCC(Nc2cccc(C=O)c2)(c2nc(-c3ccncc3)n[nH]2)CC1. The fourth-order valence-electron chi connectivity index (χ4n) is 4.05. The predicted octanol–water partition coefficient (Wildman–Crippen LogP) is 3.88. The number of likely N-dealkylation sites (tertiary alicyclic amines) is 1. The summed E-state index contributed by atoms with van der Waals surface area (Å²) < 4.78 is 0. The van der Waals surface area contributed by atoms with Crippen molar-refractivity contribution in [3.05, 3.63) is 60.2 Å². The van der Waals surface area contributed by atoms with Gasteiger partial charge in [0.25, 0.3) is 0 Å². The Balaban J connectivity index is 1.67. The summed E-state index contributed by atoms with van der Waals surface area (Å²) in [5.74, 6) is 1.48. The van der Waals surface area contributed by atoms with Crippen molar-refractivity contribution in [3.63, 3.8) is 0 Å². The molecular weight excluding hydrogens is 376 g/mol. The van der Waals surface area contributed by atoms with Crippen molar-refractivity contribution in [1.82, 2.24) is 25.1 Å². The van der Waals surface area contributed by atoms with Gasteiger partial charge in [0, 0.05) is 47.8 Å². The van der Waals surface area contributed by atoms with E-state index in [9.17, 15) is 4.79 Å². The number of nitrogens with zero attached hydrogens (tertiary/aromatic N) is 4. The van der Waals surface area contributed by atoms with Gasteiger partial charge in [-0.1, -0.05) is 12.1 Å². The number of carbonyl (C=O) groups excluding carboxylic acids is 1. The molecule has 2 N–H and O–H groups in total. The smallest absolute Gasteiger partial charge is 0.181 e. The number of carbonyl (C=O) groups is 1. The fourth-order valence-corrected chi connectivity index (χ4v) is 4.05. The molecule has 1 saturated heterocycles. The van der Waals surface area contributed by atoms with E-state index in [1.54, 1.807) is 12.4 Å². The van der Waals surface area contributed by atoms with Gasteiger partial charge in [-0.15, -0.1) is 0 Å². The first kappa shape index (κ1) is 20.2. The lowest BCUT2D eigenvalue weighted by molar-refractivity contribution is 0.0795. The summed E-state index contributed by atoms with van der Waals surface area (Å²) in [4.78, 5) is 22.7. The largest absolute Gasteiger partial charge is 0.373 e. The highest BCUT2D eigenvalue weighted by Gasteiger charge is 2.41. The van der Waals surface area contributed by atoms with Crippen molar-refractivity contribution in [1.29, 1.82) is 0 Å². The van der Waals surface area contributed by atoms with E-state index in [1.165, 1.54) is 0 Å². The zero-order valence-corrected chi connectivity index (χ0v) is 17.7. The van der Waals surface area contributed by atoms with Crippen LogP contribution in [0.3, 0.4) is 0 Å². The van der Waals surface area contributed by atoms with Gasteiger partial charge in [0.2, 0.25) is 0 Å². The molecule has 0 saturated carbocycles. The number of nitrogens with one attached hydrogen (secondary N) is 2. The molecule has 0 spiro atoms. The maximum absolute atomic E-state index is 11.2. The van der Waals surface area contributed by atoms with E-state index in [0.717, 1.165) is 49.3 Å². The molecule has 1 aliphatic heterocycles. The minimum absolute atomic E-state index is 0.118. The zero-order chi connectivity index (χ0) is 21.2. The standard InChI is InChI=1S/C23H28N6O/c1-22(2,3)29-13-9-23(10-14-29,26-19-6-4-5-17(15-19)16-30)21-25-20(27-28-21)18-7-11-24-12-8-18/h4-8,11-12,15-16,26H,9-10,13-14H2,1-3H3,(H,25,27,28). The van der Waals surface area contributed by atoms with Gasteiger partial charge in [-0.3, -0.25) is 19.8 Å². The van der Waals surface area contributed by atoms with E-state index in [1.807, 2.05) is 36.4 Å². The van der Waals surface area contributed by atoms with Crippen LogP contribution in [-0.2, 0) is 5.54 Å². The molecule has 1 aliphatic rings. The Kier molecular flexibility index (Phi) is 5.39. The van der Waals surface area contributed by atoms with Crippen LogP contribution < -0.4 is 5.32 Å². The van der Waals surface area contributed by atoms with E-state index in [4.69, 9.17) is 4.98 Å². The Morgan fingerprint density at radius 2 is 1.87 bits per heavy atom. The molecule has 0 amide bonds. The van der Waals surface area contributed by atoms with Crippen LogP contribution in [0, 0.1) is 0 Å². The van der Waals surface area contributed by atoms with Crippen LogP contribution in [0.4, 0.5) is 5.69 Å². The van der Waals surface area contributed by atoms with Crippen molar-refractivity contribution >= 4 is 12.0 Å². The number of rotatable bonds is 5. The van der Waals surface area contributed by atoms with E-state index in [2.05, 4.69) is 46.2 Å². The highest BCUT2D eigenvalue weighted by molar-refractivity contribution is 5.77. The van der Waals surface area contributed by atoms with Gasteiger partial charge in [0.05, 0.1) is 5.54 Å². The zero-order valence-electron chi connectivity index (χ0n) is 17.7. The molecule has 2 aromatic heterocycles. The number of H-pyrrole nitrogens is 1. The van der Waals surface area contributed by atoms with Crippen molar-refractivity contribution in [3.8, 4) is 11.4 Å². The third kappa shape index (κ3) is 4.11. The lowest BCUT2D eigenvalue weighted by atomic mass is 9.84. The number of piperidine rings is 1. The van der Waals surface area contributed by atoms with E-state index in [-0.39, 0.29) is 11.1 Å². The van der Waals surface area contributed by atoms with Crippen LogP contribution in [0.15, 0.2) is 48.8 Å². The van der Waals surface area contributed by atoms with Crippen LogP contribution in [-0.4, -0.2) is 50.0 Å². The Labute approximate surface area is 176 Å². The number of hydrogen-bond acceptors (Lipinski definition) is 6. The summed E-state index contributed by atoms with van der Waals surface area (Å²) in [5.41, 5.74) is 2.22. The summed E-state index contributed by atoms with van der Waals surface area (Å²) in [6.45, 7) is 8.62. The van der Waals surface area contributed by atoms with E-state index >= 15 is 0 Å². The molecule has 4 rings (SSSR count). The third-order valence-electron chi connectivity index (χ3n) is 5.85. The Bertz CT molecular complexity index is 1000. The molecule has 0 aliphatic carbocycles. The maximum atomic E-state index is 11.2. The maximum Gasteiger partial charge on any atom is 0.181 e. The number of anilines is 1. The normalized spacial score (nSPS) is 16.9. The second kappa shape index (κ2) is 7.99. The molecule has 0 atom stereocenters. The average molecular weight is 405 g/mol. The summed E-state index contributed by atoms with van der Waals surface area (Å²) in [6.07, 6.45) is 6.11. The Morgan fingerprint density at radius 1 is 1.13 bits per heavy atom. The van der Waals surface area contributed by atoms with Crippen LogP contribution in [0.1, 0.15) is 49.8 Å². The summed E-state index contributed by atoms with van der Waals surface area (Å²) in [7, 11) is 0. The number of benzene rings is 1. The van der Waals surface area contributed by atoms with Crippen molar-refractivity contribution in [2.75, 3.05) is 18.4 Å². The molecule has 1 fully saturated rings. The summed E-state index contributed by atoms with van der Waals surface area (Å²) >= 11 is 0. The minimum atomic E-state index is -0.387. The van der Waals surface area contributed by atoms with Crippen molar-refractivity contribution in [2.24, 2.45) is 0 Å². The van der Waals surface area contributed by atoms with Gasteiger partial charge in [0.15, 0.2) is 11.6 Å². The molecule has 3 heterocycles.